The summed E-state index contributed by atoms with van der Waals surface area (Å²) >= 11 is 0. The fourth-order valence-electron chi connectivity index (χ4n) is 3.62. The van der Waals surface area contributed by atoms with E-state index >= 15 is 0 Å². The monoisotopic (exact) mass is 364 g/mol. The highest BCUT2D eigenvalue weighted by atomic mass is 16.5. The molecule has 2 unspecified atom stereocenters. The molecule has 1 aliphatic rings. The highest BCUT2D eigenvalue weighted by molar-refractivity contribution is 6.07. The molecule has 4 rings (SSSR count). The van der Waals surface area contributed by atoms with Gasteiger partial charge in [0.05, 0.1) is 22.3 Å². The Labute approximate surface area is 158 Å². The number of nitrogens with zero attached hydrogens (tertiary/aromatic N) is 2. The Morgan fingerprint density at radius 3 is 2.78 bits per heavy atom. The molecule has 1 saturated heterocycles. The molecule has 3 heterocycles. The lowest BCUT2D eigenvalue weighted by molar-refractivity contribution is 0.0916. The SMILES string of the molecule is Cc1ccc(-c2cc(C(=O)NC3CCNCC3C)c3c(C)noc3n2)cc1. The van der Waals surface area contributed by atoms with Crippen LogP contribution in [0.25, 0.3) is 22.4 Å². The number of hydrogen-bond acceptors (Lipinski definition) is 5. The first kappa shape index (κ1) is 17.7. The second-order valence-electron chi connectivity index (χ2n) is 7.42. The number of pyridine rings is 1. The summed E-state index contributed by atoms with van der Waals surface area (Å²) in [6.45, 7) is 7.86. The van der Waals surface area contributed by atoms with Crippen LogP contribution in [0.5, 0.6) is 0 Å². The van der Waals surface area contributed by atoms with Gasteiger partial charge in [-0.2, -0.15) is 0 Å². The van der Waals surface area contributed by atoms with Crippen molar-refractivity contribution in [2.24, 2.45) is 5.92 Å². The van der Waals surface area contributed by atoms with E-state index in [9.17, 15) is 4.79 Å². The molecular weight excluding hydrogens is 340 g/mol. The van der Waals surface area contributed by atoms with Gasteiger partial charge in [0.15, 0.2) is 0 Å². The van der Waals surface area contributed by atoms with Gasteiger partial charge in [0.25, 0.3) is 11.6 Å². The molecule has 2 N–H and O–H groups in total. The first-order valence-electron chi connectivity index (χ1n) is 9.38. The molecule has 0 spiro atoms. The van der Waals surface area contributed by atoms with Gasteiger partial charge in [-0.05, 0) is 45.3 Å². The number of rotatable bonds is 3. The molecule has 2 atom stereocenters. The molecule has 27 heavy (non-hydrogen) atoms. The summed E-state index contributed by atoms with van der Waals surface area (Å²) < 4.78 is 5.39. The quantitative estimate of drug-likeness (QED) is 0.746. The van der Waals surface area contributed by atoms with E-state index in [1.165, 1.54) is 5.56 Å². The molecule has 0 saturated carbocycles. The highest BCUT2D eigenvalue weighted by Crippen LogP contribution is 2.27. The van der Waals surface area contributed by atoms with Gasteiger partial charge in [-0.1, -0.05) is 41.9 Å². The minimum Gasteiger partial charge on any atom is -0.349 e. The molecule has 1 aliphatic heterocycles. The summed E-state index contributed by atoms with van der Waals surface area (Å²) in [6, 6.07) is 10.1. The summed E-state index contributed by atoms with van der Waals surface area (Å²) in [7, 11) is 0. The Kier molecular flexibility index (Phi) is 4.66. The minimum atomic E-state index is -0.0965. The second kappa shape index (κ2) is 7.12. The van der Waals surface area contributed by atoms with E-state index in [1.54, 1.807) is 0 Å². The van der Waals surface area contributed by atoms with Crippen molar-refractivity contribution in [1.29, 1.82) is 0 Å². The van der Waals surface area contributed by atoms with E-state index in [0.717, 1.165) is 25.1 Å². The maximum atomic E-state index is 13.1. The third-order valence-electron chi connectivity index (χ3n) is 5.31. The molecule has 3 aromatic rings. The topological polar surface area (TPSA) is 80.0 Å². The standard InChI is InChI=1S/C21H24N4O2/c1-12-4-6-15(7-5-12)18-10-16(19-14(3)25-27-21(19)24-18)20(26)23-17-8-9-22-11-13(17)2/h4-7,10,13,17,22H,8-9,11H2,1-3H3,(H,23,26). The van der Waals surface area contributed by atoms with Crippen LogP contribution in [-0.4, -0.2) is 35.2 Å². The average Bonchev–Trinajstić information content (AvgIpc) is 3.04. The minimum absolute atomic E-state index is 0.0965. The van der Waals surface area contributed by atoms with Crippen molar-refractivity contribution < 1.29 is 9.32 Å². The second-order valence-corrected chi connectivity index (χ2v) is 7.42. The highest BCUT2D eigenvalue weighted by Gasteiger charge is 2.25. The first-order chi connectivity index (χ1) is 13.0. The molecule has 1 aromatic carbocycles. The van der Waals surface area contributed by atoms with Gasteiger partial charge in [0.2, 0.25) is 0 Å². The summed E-state index contributed by atoms with van der Waals surface area (Å²) in [6.07, 6.45) is 0.925. The van der Waals surface area contributed by atoms with Crippen LogP contribution < -0.4 is 10.6 Å². The van der Waals surface area contributed by atoms with E-state index in [1.807, 2.05) is 44.2 Å². The van der Waals surface area contributed by atoms with Crippen LogP contribution in [0.4, 0.5) is 0 Å². The zero-order valence-corrected chi connectivity index (χ0v) is 15.9. The zero-order valence-electron chi connectivity index (χ0n) is 15.9. The number of carbonyl (C=O) groups is 1. The summed E-state index contributed by atoms with van der Waals surface area (Å²) in [5, 5.41) is 11.3. The van der Waals surface area contributed by atoms with Crippen LogP contribution in [0.2, 0.25) is 0 Å². The van der Waals surface area contributed by atoms with Gasteiger partial charge in [-0.3, -0.25) is 4.79 Å². The number of amides is 1. The Morgan fingerprint density at radius 2 is 2.04 bits per heavy atom. The Balaban J connectivity index is 1.74. The van der Waals surface area contributed by atoms with Crippen molar-refractivity contribution in [3.63, 3.8) is 0 Å². The van der Waals surface area contributed by atoms with Crippen molar-refractivity contribution in [3.05, 3.63) is 47.2 Å². The summed E-state index contributed by atoms with van der Waals surface area (Å²) in [5.74, 6) is 0.293. The van der Waals surface area contributed by atoms with Crippen LogP contribution in [0.15, 0.2) is 34.9 Å². The Hall–Kier alpha value is -2.73. The lowest BCUT2D eigenvalue weighted by atomic mass is 9.94. The molecule has 6 nitrogen and oxygen atoms in total. The van der Waals surface area contributed by atoms with E-state index in [-0.39, 0.29) is 11.9 Å². The van der Waals surface area contributed by atoms with E-state index in [2.05, 4.69) is 27.7 Å². The third kappa shape index (κ3) is 3.45. The van der Waals surface area contributed by atoms with Gasteiger partial charge in [0, 0.05) is 11.6 Å². The van der Waals surface area contributed by atoms with Crippen LogP contribution in [0.1, 0.15) is 35.0 Å². The first-order valence-corrected chi connectivity index (χ1v) is 9.38. The summed E-state index contributed by atoms with van der Waals surface area (Å²) in [5.41, 5.74) is 4.47. The largest absolute Gasteiger partial charge is 0.349 e. The van der Waals surface area contributed by atoms with Crippen LogP contribution in [0.3, 0.4) is 0 Å². The van der Waals surface area contributed by atoms with Crippen molar-refractivity contribution in [3.8, 4) is 11.3 Å². The maximum Gasteiger partial charge on any atom is 0.259 e. The summed E-state index contributed by atoms with van der Waals surface area (Å²) in [4.78, 5) is 17.7. The molecule has 0 bridgehead atoms. The maximum absolute atomic E-state index is 13.1. The Bertz CT molecular complexity index is 978. The third-order valence-corrected chi connectivity index (χ3v) is 5.31. The predicted molar refractivity (Wildman–Crippen MR) is 105 cm³/mol. The van der Waals surface area contributed by atoms with Crippen molar-refractivity contribution in [1.82, 2.24) is 20.8 Å². The van der Waals surface area contributed by atoms with Gasteiger partial charge >= 0.3 is 0 Å². The number of fused-ring (bicyclic) bond motifs is 1. The lowest BCUT2D eigenvalue weighted by Gasteiger charge is -2.30. The van der Waals surface area contributed by atoms with Gasteiger partial charge in [-0.25, -0.2) is 4.98 Å². The fraction of sp³-hybridized carbons (Fsp3) is 0.381. The zero-order chi connectivity index (χ0) is 19.0. The van der Waals surface area contributed by atoms with Crippen LogP contribution in [-0.2, 0) is 0 Å². The number of nitrogens with one attached hydrogen (secondary N) is 2. The number of hydrogen-bond donors (Lipinski definition) is 2. The van der Waals surface area contributed by atoms with Crippen molar-refractivity contribution in [2.75, 3.05) is 13.1 Å². The molecule has 1 fully saturated rings. The molecule has 6 heteroatoms. The normalized spacial score (nSPS) is 20.0. The molecule has 140 valence electrons. The van der Waals surface area contributed by atoms with Gasteiger partial charge < -0.3 is 15.2 Å². The van der Waals surface area contributed by atoms with Gasteiger partial charge in [-0.15, -0.1) is 0 Å². The predicted octanol–water partition coefficient (Wildman–Crippen LogP) is 3.23. The lowest BCUT2D eigenvalue weighted by Crippen LogP contribution is -2.48. The number of carbonyl (C=O) groups excluding carboxylic acids is 1. The molecule has 1 amide bonds. The van der Waals surface area contributed by atoms with E-state index < -0.39 is 0 Å². The van der Waals surface area contributed by atoms with Crippen molar-refractivity contribution in [2.45, 2.75) is 33.2 Å². The van der Waals surface area contributed by atoms with Crippen molar-refractivity contribution >= 4 is 17.0 Å². The number of benzene rings is 1. The van der Waals surface area contributed by atoms with Crippen LogP contribution in [0, 0.1) is 19.8 Å². The molecular formula is C21H24N4O2. The molecule has 0 radical (unpaired) electrons. The molecule has 2 aromatic heterocycles. The number of aromatic nitrogens is 2. The Morgan fingerprint density at radius 1 is 1.26 bits per heavy atom. The number of piperidine rings is 1. The fourth-order valence-corrected chi connectivity index (χ4v) is 3.62. The van der Waals surface area contributed by atoms with Gasteiger partial charge in [0.1, 0.15) is 0 Å². The van der Waals surface area contributed by atoms with Crippen LogP contribution >= 0.6 is 0 Å². The van der Waals surface area contributed by atoms with E-state index in [4.69, 9.17) is 4.52 Å². The smallest absolute Gasteiger partial charge is 0.259 e. The van der Waals surface area contributed by atoms with E-state index in [0.29, 0.717) is 34.0 Å². The number of aryl methyl sites for hydroxylation is 2. The average molecular weight is 364 g/mol. The molecule has 0 aliphatic carbocycles.